The van der Waals surface area contributed by atoms with E-state index in [0.717, 1.165) is 31.3 Å². The van der Waals surface area contributed by atoms with Crippen molar-refractivity contribution in [2.75, 3.05) is 39.8 Å². The Morgan fingerprint density at radius 2 is 2.12 bits per heavy atom. The fraction of sp³-hybridized carbons (Fsp3) is 0.611. The first-order chi connectivity index (χ1) is 11.6. The van der Waals surface area contributed by atoms with Gasteiger partial charge >= 0.3 is 0 Å². The second-order valence-corrected chi connectivity index (χ2v) is 6.84. The van der Waals surface area contributed by atoms with Crippen molar-refractivity contribution in [1.82, 2.24) is 15.5 Å². The molecule has 2 unspecified atom stereocenters. The van der Waals surface area contributed by atoms with Crippen LogP contribution in [0.4, 0.5) is 0 Å². The van der Waals surface area contributed by atoms with Gasteiger partial charge in [0.2, 0.25) is 0 Å². The molecular formula is C18H29ClN4O. The lowest BCUT2D eigenvalue weighted by Gasteiger charge is -2.17. The molecule has 0 amide bonds. The molecule has 0 aromatic heterocycles. The van der Waals surface area contributed by atoms with Crippen LogP contribution in [0.3, 0.4) is 0 Å². The van der Waals surface area contributed by atoms with Crippen LogP contribution in [0, 0.1) is 5.92 Å². The number of hydrogen-bond donors (Lipinski definition) is 2. The fourth-order valence-corrected chi connectivity index (χ4v) is 2.90. The second kappa shape index (κ2) is 9.74. The molecule has 2 atom stereocenters. The number of guanidine groups is 1. The van der Waals surface area contributed by atoms with Crippen LogP contribution in [0.2, 0.25) is 5.02 Å². The van der Waals surface area contributed by atoms with E-state index in [1.807, 2.05) is 31.2 Å². The van der Waals surface area contributed by atoms with E-state index in [1.54, 1.807) is 0 Å². The van der Waals surface area contributed by atoms with Gasteiger partial charge in [-0.1, -0.05) is 11.6 Å². The summed E-state index contributed by atoms with van der Waals surface area (Å²) in [5.74, 6) is 2.37. The van der Waals surface area contributed by atoms with E-state index in [4.69, 9.17) is 16.3 Å². The van der Waals surface area contributed by atoms with Gasteiger partial charge in [-0.15, -0.1) is 0 Å². The van der Waals surface area contributed by atoms with Crippen molar-refractivity contribution >= 4 is 17.6 Å². The van der Waals surface area contributed by atoms with E-state index in [0.29, 0.717) is 17.5 Å². The SMILES string of the molecule is CCNC(=NCC(C)Oc1ccc(Cl)cc1)NCC1CCN(C)C1. The quantitative estimate of drug-likeness (QED) is 0.585. The number of halogens is 1. The minimum Gasteiger partial charge on any atom is -0.489 e. The molecule has 1 aromatic carbocycles. The predicted molar refractivity (Wildman–Crippen MR) is 101 cm³/mol. The molecule has 1 aliphatic rings. The normalized spacial score (nSPS) is 20.0. The van der Waals surface area contributed by atoms with Crippen LogP contribution in [0.5, 0.6) is 5.75 Å². The van der Waals surface area contributed by atoms with Crippen molar-refractivity contribution in [2.45, 2.75) is 26.4 Å². The van der Waals surface area contributed by atoms with Crippen LogP contribution in [0.1, 0.15) is 20.3 Å². The van der Waals surface area contributed by atoms with Crippen LogP contribution in [-0.2, 0) is 0 Å². The van der Waals surface area contributed by atoms with Gasteiger partial charge in [0, 0.05) is 24.7 Å². The summed E-state index contributed by atoms with van der Waals surface area (Å²) in [7, 11) is 2.18. The van der Waals surface area contributed by atoms with Crippen molar-refractivity contribution in [1.29, 1.82) is 0 Å². The minimum atomic E-state index is -0.000699. The first-order valence-electron chi connectivity index (χ1n) is 8.69. The summed E-state index contributed by atoms with van der Waals surface area (Å²) in [5.41, 5.74) is 0. The zero-order chi connectivity index (χ0) is 17.4. The Kier molecular flexibility index (Phi) is 7.66. The van der Waals surface area contributed by atoms with Crippen LogP contribution < -0.4 is 15.4 Å². The Labute approximate surface area is 150 Å². The van der Waals surface area contributed by atoms with Crippen LogP contribution >= 0.6 is 11.6 Å². The maximum Gasteiger partial charge on any atom is 0.191 e. The monoisotopic (exact) mass is 352 g/mol. The molecule has 0 spiro atoms. The lowest BCUT2D eigenvalue weighted by atomic mass is 10.1. The third kappa shape index (κ3) is 6.57. The highest BCUT2D eigenvalue weighted by Crippen LogP contribution is 2.17. The fourth-order valence-electron chi connectivity index (χ4n) is 2.78. The van der Waals surface area contributed by atoms with E-state index in [9.17, 15) is 0 Å². The van der Waals surface area contributed by atoms with Gasteiger partial charge in [0.25, 0.3) is 0 Å². The van der Waals surface area contributed by atoms with Crippen LogP contribution in [0.15, 0.2) is 29.3 Å². The number of benzene rings is 1. The molecular weight excluding hydrogens is 324 g/mol. The summed E-state index contributed by atoms with van der Waals surface area (Å²) in [5, 5.41) is 7.46. The van der Waals surface area contributed by atoms with E-state index < -0.39 is 0 Å². The number of rotatable bonds is 7. The summed E-state index contributed by atoms with van der Waals surface area (Å²) < 4.78 is 5.86. The van der Waals surface area contributed by atoms with Gasteiger partial charge < -0.3 is 20.3 Å². The Morgan fingerprint density at radius 3 is 2.75 bits per heavy atom. The highest BCUT2D eigenvalue weighted by Gasteiger charge is 2.19. The number of hydrogen-bond acceptors (Lipinski definition) is 3. The van der Waals surface area contributed by atoms with Crippen molar-refractivity contribution < 1.29 is 4.74 Å². The maximum atomic E-state index is 5.89. The molecule has 1 aromatic rings. The lowest BCUT2D eigenvalue weighted by molar-refractivity contribution is 0.230. The van der Waals surface area contributed by atoms with E-state index in [-0.39, 0.29) is 6.10 Å². The summed E-state index contributed by atoms with van der Waals surface area (Å²) >= 11 is 5.89. The van der Waals surface area contributed by atoms with Gasteiger partial charge in [-0.25, -0.2) is 4.99 Å². The molecule has 6 heteroatoms. The largest absolute Gasteiger partial charge is 0.489 e. The van der Waals surface area contributed by atoms with Gasteiger partial charge in [0.15, 0.2) is 5.96 Å². The maximum absolute atomic E-state index is 5.89. The number of nitrogens with one attached hydrogen (secondary N) is 2. The molecule has 1 aliphatic heterocycles. The van der Waals surface area contributed by atoms with E-state index in [1.165, 1.54) is 13.0 Å². The summed E-state index contributed by atoms with van der Waals surface area (Å²) in [6.07, 6.45) is 1.25. The van der Waals surface area contributed by atoms with Gasteiger partial charge in [-0.05, 0) is 64.0 Å². The minimum absolute atomic E-state index is 0.000699. The number of likely N-dealkylation sites (tertiary alicyclic amines) is 1. The van der Waals surface area contributed by atoms with Crippen molar-refractivity contribution in [3.63, 3.8) is 0 Å². The van der Waals surface area contributed by atoms with Crippen molar-refractivity contribution in [2.24, 2.45) is 10.9 Å². The van der Waals surface area contributed by atoms with Crippen molar-refractivity contribution in [3.05, 3.63) is 29.3 Å². The van der Waals surface area contributed by atoms with E-state index in [2.05, 4.69) is 34.5 Å². The summed E-state index contributed by atoms with van der Waals surface area (Å²) in [4.78, 5) is 7.01. The molecule has 0 bridgehead atoms. The summed E-state index contributed by atoms with van der Waals surface area (Å²) in [6, 6.07) is 7.42. The number of aliphatic imine (C=N–C) groups is 1. The number of ether oxygens (including phenoxy) is 1. The highest BCUT2D eigenvalue weighted by molar-refractivity contribution is 6.30. The topological polar surface area (TPSA) is 48.9 Å². The third-order valence-corrected chi connectivity index (χ3v) is 4.30. The van der Waals surface area contributed by atoms with Crippen LogP contribution in [-0.4, -0.2) is 56.7 Å². The Bertz CT molecular complexity index is 520. The average molecular weight is 353 g/mol. The zero-order valence-electron chi connectivity index (χ0n) is 14.9. The second-order valence-electron chi connectivity index (χ2n) is 6.40. The molecule has 1 fully saturated rings. The van der Waals surface area contributed by atoms with E-state index >= 15 is 0 Å². The van der Waals surface area contributed by atoms with Gasteiger partial charge in [-0.3, -0.25) is 0 Å². The Hall–Kier alpha value is -1.46. The smallest absolute Gasteiger partial charge is 0.191 e. The molecule has 134 valence electrons. The molecule has 0 radical (unpaired) electrons. The molecule has 2 rings (SSSR count). The first-order valence-corrected chi connectivity index (χ1v) is 9.07. The molecule has 2 N–H and O–H groups in total. The molecule has 0 aliphatic carbocycles. The Balaban J connectivity index is 1.79. The van der Waals surface area contributed by atoms with Crippen molar-refractivity contribution in [3.8, 4) is 5.75 Å². The first kappa shape index (κ1) is 18.9. The lowest BCUT2D eigenvalue weighted by Crippen LogP contribution is -2.40. The average Bonchev–Trinajstić information content (AvgIpc) is 2.98. The van der Waals surface area contributed by atoms with Crippen LogP contribution in [0.25, 0.3) is 0 Å². The number of nitrogens with zero attached hydrogens (tertiary/aromatic N) is 2. The predicted octanol–water partition coefficient (Wildman–Crippen LogP) is 2.61. The zero-order valence-corrected chi connectivity index (χ0v) is 15.6. The third-order valence-electron chi connectivity index (χ3n) is 4.05. The molecule has 1 saturated heterocycles. The van der Waals surface area contributed by atoms with Gasteiger partial charge in [0.05, 0.1) is 6.54 Å². The molecule has 5 nitrogen and oxygen atoms in total. The summed E-state index contributed by atoms with van der Waals surface area (Å²) in [6.45, 7) is 8.85. The van der Waals surface area contributed by atoms with Gasteiger partial charge in [-0.2, -0.15) is 0 Å². The standard InChI is InChI=1S/C18H29ClN4O/c1-4-20-18(22-12-15-9-10-23(3)13-15)21-11-14(2)24-17-7-5-16(19)6-8-17/h5-8,14-15H,4,9-13H2,1-3H3,(H2,20,21,22). The highest BCUT2D eigenvalue weighted by atomic mass is 35.5. The molecule has 0 saturated carbocycles. The molecule has 24 heavy (non-hydrogen) atoms. The van der Waals surface area contributed by atoms with Gasteiger partial charge in [0.1, 0.15) is 11.9 Å². The molecule has 1 heterocycles. The Morgan fingerprint density at radius 1 is 1.38 bits per heavy atom.